The predicted molar refractivity (Wildman–Crippen MR) is 134 cm³/mol. The Bertz CT molecular complexity index is 1300. The van der Waals surface area contributed by atoms with Crippen LogP contribution in [0.25, 0.3) is 11.1 Å². The van der Waals surface area contributed by atoms with Gasteiger partial charge in [-0.2, -0.15) is 0 Å². The Hall–Kier alpha value is -3.71. The number of aliphatic imine (C=N–C) groups is 1. The van der Waals surface area contributed by atoms with Gasteiger partial charge in [0.15, 0.2) is 0 Å². The van der Waals surface area contributed by atoms with E-state index in [0.29, 0.717) is 23.8 Å². The molecule has 2 heterocycles. The Morgan fingerprint density at radius 2 is 1.68 bits per heavy atom. The molecule has 2 aliphatic heterocycles. The fraction of sp³-hybridized carbons (Fsp3) is 0.296. The van der Waals surface area contributed by atoms with Gasteiger partial charge in [-0.1, -0.05) is 30.3 Å². The van der Waals surface area contributed by atoms with Crippen LogP contribution in [0.15, 0.2) is 65.7 Å². The van der Waals surface area contributed by atoms with Crippen LogP contribution in [0.4, 0.5) is 11.4 Å². The van der Waals surface area contributed by atoms with Crippen LogP contribution in [0.1, 0.15) is 36.0 Å². The highest BCUT2D eigenvalue weighted by Gasteiger charge is 2.54. The smallest absolute Gasteiger partial charge is 0.222 e. The average molecular weight is 456 g/mol. The highest BCUT2D eigenvalue weighted by atomic mass is 16.7. The molecule has 0 saturated carbocycles. The van der Waals surface area contributed by atoms with Crippen molar-refractivity contribution in [1.82, 2.24) is 5.06 Å². The summed E-state index contributed by atoms with van der Waals surface area (Å²) < 4.78 is 6.83. The van der Waals surface area contributed by atoms with Crippen molar-refractivity contribution in [1.29, 1.82) is 0 Å². The van der Waals surface area contributed by atoms with E-state index < -0.39 is 11.3 Å². The molecule has 0 radical (unpaired) electrons. The number of hydrogen-bond donors (Lipinski definition) is 3. The zero-order valence-corrected chi connectivity index (χ0v) is 19.3. The summed E-state index contributed by atoms with van der Waals surface area (Å²) in [7, 11) is 1.79. The standard InChI is InChI=1S/C27H29N5O2/c1-32-25(30)31-27(34-32)16-26(10-4-7-17-5-2-3-6-19(17)15-26)33-24-9-8-18(13-23(24)27)20-11-21(28)14-22(29)12-20/h2-3,5-6,8-9,11-14H,4,7,10,15-16,28-29H2,1H3,(H2,30,31). The minimum atomic E-state index is -0.951. The number of hydroxylamine groups is 2. The molecule has 0 amide bonds. The fourth-order valence-electron chi connectivity index (χ4n) is 5.73. The Balaban J connectivity index is 1.48. The second-order valence-corrected chi connectivity index (χ2v) is 9.70. The maximum atomic E-state index is 6.83. The van der Waals surface area contributed by atoms with Gasteiger partial charge in [0, 0.05) is 31.3 Å². The highest BCUT2D eigenvalue weighted by molar-refractivity contribution is 5.79. The van der Waals surface area contributed by atoms with Gasteiger partial charge in [0.25, 0.3) is 0 Å². The summed E-state index contributed by atoms with van der Waals surface area (Å²) in [5.41, 5.74) is 23.7. The van der Waals surface area contributed by atoms with Crippen molar-refractivity contribution < 1.29 is 9.57 Å². The van der Waals surface area contributed by atoms with Crippen molar-refractivity contribution in [3.05, 3.63) is 77.4 Å². The van der Waals surface area contributed by atoms with Gasteiger partial charge < -0.3 is 21.9 Å². The number of anilines is 2. The van der Waals surface area contributed by atoms with E-state index in [2.05, 4.69) is 30.3 Å². The number of hydrogen-bond acceptors (Lipinski definition) is 7. The predicted octanol–water partition coefficient (Wildman–Crippen LogP) is 3.96. The molecule has 2 unspecified atom stereocenters. The molecular formula is C27H29N5O2. The number of fused-ring (bicyclic) bond motifs is 3. The van der Waals surface area contributed by atoms with Crippen molar-refractivity contribution in [3.63, 3.8) is 0 Å². The van der Waals surface area contributed by atoms with Gasteiger partial charge in [-0.05, 0) is 71.8 Å². The van der Waals surface area contributed by atoms with Crippen molar-refractivity contribution >= 4 is 17.3 Å². The van der Waals surface area contributed by atoms with Crippen LogP contribution in [0.2, 0.25) is 0 Å². The summed E-state index contributed by atoms with van der Waals surface area (Å²) in [4.78, 5) is 11.3. The first kappa shape index (κ1) is 20.9. The van der Waals surface area contributed by atoms with E-state index in [0.717, 1.165) is 48.1 Å². The van der Waals surface area contributed by atoms with Crippen LogP contribution >= 0.6 is 0 Å². The number of rotatable bonds is 1. The van der Waals surface area contributed by atoms with Crippen LogP contribution in [0, 0.1) is 0 Å². The summed E-state index contributed by atoms with van der Waals surface area (Å²) in [6.07, 6.45) is 4.38. The number of nitrogens with zero attached hydrogens (tertiary/aromatic N) is 2. The van der Waals surface area contributed by atoms with E-state index in [1.54, 1.807) is 18.2 Å². The number of nitrogen functional groups attached to an aromatic ring is 2. The molecule has 6 N–H and O–H groups in total. The lowest BCUT2D eigenvalue weighted by Gasteiger charge is -2.45. The third-order valence-corrected chi connectivity index (χ3v) is 7.21. The Kier molecular flexibility index (Phi) is 4.54. The summed E-state index contributed by atoms with van der Waals surface area (Å²) in [6, 6.07) is 20.3. The molecule has 0 saturated heterocycles. The van der Waals surface area contributed by atoms with Crippen LogP contribution in [-0.4, -0.2) is 23.7 Å². The molecule has 0 bridgehead atoms. The Labute approximate surface area is 199 Å². The molecule has 34 heavy (non-hydrogen) atoms. The topological polar surface area (TPSA) is 112 Å². The normalized spacial score (nSPS) is 25.4. The Morgan fingerprint density at radius 1 is 0.912 bits per heavy atom. The molecule has 6 rings (SSSR count). The van der Waals surface area contributed by atoms with Gasteiger partial charge in [0.1, 0.15) is 11.4 Å². The van der Waals surface area contributed by atoms with E-state index >= 15 is 0 Å². The van der Waals surface area contributed by atoms with Gasteiger partial charge in [-0.25, -0.2) is 14.9 Å². The first-order chi connectivity index (χ1) is 16.3. The molecule has 3 aromatic carbocycles. The van der Waals surface area contributed by atoms with Crippen LogP contribution in [-0.2, 0) is 23.4 Å². The maximum Gasteiger partial charge on any atom is 0.222 e. The number of guanidine groups is 1. The third kappa shape index (κ3) is 3.35. The minimum absolute atomic E-state index is 0.357. The summed E-state index contributed by atoms with van der Waals surface area (Å²) in [6.45, 7) is 0. The molecule has 7 heteroatoms. The van der Waals surface area contributed by atoms with Crippen molar-refractivity contribution in [3.8, 4) is 16.9 Å². The van der Waals surface area contributed by atoms with E-state index in [9.17, 15) is 0 Å². The Morgan fingerprint density at radius 3 is 2.41 bits per heavy atom. The lowest BCUT2D eigenvalue weighted by molar-refractivity contribution is -0.204. The molecule has 3 aromatic rings. The summed E-state index contributed by atoms with van der Waals surface area (Å²) in [5.74, 6) is 1.13. The molecular weight excluding hydrogens is 426 g/mol. The van der Waals surface area contributed by atoms with E-state index in [4.69, 9.17) is 31.8 Å². The van der Waals surface area contributed by atoms with Gasteiger partial charge >= 0.3 is 0 Å². The zero-order valence-electron chi connectivity index (χ0n) is 19.3. The van der Waals surface area contributed by atoms with Gasteiger partial charge in [-0.3, -0.25) is 0 Å². The molecule has 0 aromatic heterocycles. The summed E-state index contributed by atoms with van der Waals surface area (Å²) in [5, 5.41) is 1.55. The third-order valence-electron chi connectivity index (χ3n) is 7.21. The molecule has 174 valence electrons. The molecule has 1 aliphatic carbocycles. The fourth-order valence-corrected chi connectivity index (χ4v) is 5.73. The lowest BCUT2D eigenvalue weighted by Crippen LogP contribution is -2.49. The van der Waals surface area contributed by atoms with Crippen molar-refractivity contribution in [2.75, 3.05) is 18.5 Å². The number of ether oxygens (including phenoxy) is 1. The van der Waals surface area contributed by atoms with Gasteiger partial charge in [0.05, 0.1) is 5.56 Å². The van der Waals surface area contributed by atoms with Crippen molar-refractivity contribution in [2.45, 2.75) is 43.4 Å². The number of nitrogens with two attached hydrogens (primary N) is 3. The van der Waals surface area contributed by atoms with Crippen molar-refractivity contribution in [2.24, 2.45) is 10.7 Å². The van der Waals surface area contributed by atoms with Gasteiger partial charge in [-0.15, -0.1) is 0 Å². The molecule has 0 fully saturated rings. The first-order valence-electron chi connectivity index (χ1n) is 11.7. The molecule has 7 nitrogen and oxygen atoms in total. The van der Waals surface area contributed by atoms with Crippen LogP contribution in [0.3, 0.4) is 0 Å². The minimum Gasteiger partial charge on any atom is -0.486 e. The van der Waals surface area contributed by atoms with Crippen LogP contribution < -0.4 is 21.9 Å². The summed E-state index contributed by atoms with van der Waals surface area (Å²) >= 11 is 0. The van der Waals surface area contributed by atoms with Gasteiger partial charge in [0.2, 0.25) is 11.7 Å². The largest absolute Gasteiger partial charge is 0.486 e. The molecule has 2 atom stereocenters. The second kappa shape index (κ2) is 7.40. The van der Waals surface area contributed by atoms with E-state index in [1.165, 1.54) is 11.1 Å². The average Bonchev–Trinajstić information content (AvgIpc) is 2.96. The number of aryl methyl sites for hydroxylation is 1. The maximum absolute atomic E-state index is 6.83. The second-order valence-electron chi connectivity index (χ2n) is 9.70. The molecule has 2 spiro atoms. The zero-order chi connectivity index (χ0) is 23.5. The number of benzene rings is 3. The monoisotopic (exact) mass is 455 g/mol. The lowest BCUT2D eigenvalue weighted by atomic mass is 9.78. The van der Waals surface area contributed by atoms with E-state index in [-0.39, 0.29) is 0 Å². The SMILES string of the molecule is CN1OC2(CC3(CCCc4ccccc4C3)Oc3ccc(-c4cc(N)cc(N)c4)cc32)N=C1N. The highest BCUT2D eigenvalue weighted by Crippen LogP contribution is 2.53. The van der Waals surface area contributed by atoms with E-state index in [1.807, 2.05) is 24.3 Å². The van der Waals surface area contributed by atoms with Crippen LogP contribution in [0.5, 0.6) is 5.75 Å². The first-order valence-corrected chi connectivity index (χ1v) is 11.7. The molecule has 3 aliphatic rings. The quantitative estimate of drug-likeness (QED) is 0.479.